The summed E-state index contributed by atoms with van der Waals surface area (Å²) in [6.45, 7) is 6.59. The highest BCUT2D eigenvalue weighted by atomic mass is 16.5. The van der Waals surface area contributed by atoms with Gasteiger partial charge in [-0.05, 0) is 12.0 Å². The van der Waals surface area contributed by atoms with Crippen LogP contribution in [0, 0.1) is 0 Å². The SMILES string of the molecule is C=CCNc1ncnc2c1ncn2[C@H]1CN(CCc2ccccc2)C[C@@H](CO)O1. The molecular weight excluding hydrogens is 368 g/mol. The van der Waals surface area contributed by atoms with Crippen molar-refractivity contribution in [2.75, 3.05) is 38.1 Å². The average molecular weight is 394 g/mol. The van der Waals surface area contributed by atoms with Gasteiger partial charge in [0.15, 0.2) is 17.0 Å². The third-order valence-corrected chi connectivity index (χ3v) is 5.07. The topological polar surface area (TPSA) is 88.3 Å². The van der Waals surface area contributed by atoms with Crippen molar-refractivity contribution in [2.24, 2.45) is 0 Å². The van der Waals surface area contributed by atoms with E-state index in [1.54, 1.807) is 12.4 Å². The molecule has 152 valence electrons. The first-order valence-electron chi connectivity index (χ1n) is 9.83. The molecule has 1 saturated heterocycles. The molecule has 4 rings (SSSR count). The number of nitrogens with zero attached hydrogens (tertiary/aromatic N) is 5. The summed E-state index contributed by atoms with van der Waals surface area (Å²) >= 11 is 0. The number of aromatic nitrogens is 4. The number of hydrogen-bond acceptors (Lipinski definition) is 7. The van der Waals surface area contributed by atoms with Gasteiger partial charge in [0.25, 0.3) is 0 Å². The van der Waals surface area contributed by atoms with E-state index in [-0.39, 0.29) is 18.9 Å². The molecule has 2 aromatic heterocycles. The summed E-state index contributed by atoms with van der Waals surface area (Å²) in [4.78, 5) is 15.5. The Morgan fingerprint density at radius 1 is 1.21 bits per heavy atom. The number of imidazole rings is 1. The van der Waals surface area contributed by atoms with Crippen LogP contribution in [0.4, 0.5) is 5.82 Å². The van der Waals surface area contributed by atoms with E-state index >= 15 is 0 Å². The normalized spacial score (nSPS) is 20.0. The van der Waals surface area contributed by atoms with Gasteiger partial charge in [0.1, 0.15) is 12.6 Å². The van der Waals surface area contributed by atoms with Crippen molar-refractivity contribution < 1.29 is 9.84 Å². The van der Waals surface area contributed by atoms with Gasteiger partial charge in [0, 0.05) is 26.2 Å². The number of morpholine rings is 1. The van der Waals surface area contributed by atoms with Crippen LogP contribution < -0.4 is 5.32 Å². The summed E-state index contributed by atoms with van der Waals surface area (Å²) in [6.07, 6.45) is 5.45. The maximum Gasteiger partial charge on any atom is 0.167 e. The fourth-order valence-electron chi connectivity index (χ4n) is 3.62. The van der Waals surface area contributed by atoms with Crippen LogP contribution in [0.15, 0.2) is 55.6 Å². The number of hydrogen-bond donors (Lipinski definition) is 2. The Balaban J connectivity index is 1.53. The molecular formula is C21H26N6O2. The van der Waals surface area contributed by atoms with E-state index < -0.39 is 0 Å². The predicted octanol–water partition coefficient (Wildman–Crippen LogP) is 1.86. The monoisotopic (exact) mass is 394 g/mol. The highest BCUT2D eigenvalue weighted by Gasteiger charge is 2.29. The largest absolute Gasteiger partial charge is 0.394 e. The van der Waals surface area contributed by atoms with E-state index in [1.807, 2.05) is 10.6 Å². The number of anilines is 1. The minimum Gasteiger partial charge on any atom is -0.394 e. The van der Waals surface area contributed by atoms with Crippen molar-refractivity contribution in [3.63, 3.8) is 0 Å². The lowest BCUT2D eigenvalue weighted by Gasteiger charge is -2.37. The van der Waals surface area contributed by atoms with Crippen molar-refractivity contribution in [1.82, 2.24) is 24.4 Å². The quantitative estimate of drug-likeness (QED) is 0.564. The second-order valence-electron chi connectivity index (χ2n) is 7.11. The molecule has 0 aliphatic carbocycles. The van der Waals surface area contributed by atoms with Crippen molar-refractivity contribution in [1.29, 1.82) is 0 Å². The molecule has 0 bridgehead atoms. The summed E-state index contributed by atoms with van der Waals surface area (Å²) in [7, 11) is 0. The van der Waals surface area contributed by atoms with Crippen LogP contribution in [0.25, 0.3) is 11.2 Å². The maximum absolute atomic E-state index is 9.74. The second kappa shape index (κ2) is 9.13. The van der Waals surface area contributed by atoms with E-state index in [1.165, 1.54) is 11.9 Å². The zero-order valence-electron chi connectivity index (χ0n) is 16.3. The van der Waals surface area contributed by atoms with Gasteiger partial charge in [-0.25, -0.2) is 15.0 Å². The number of rotatable bonds is 8. The number of benzene rings is 1. The van der Waals surface area contributed by atoms with Crippen LogP contribution in [0.1, 0.15) is 11.8 Å². The third kappa shape index (κ3) is 4.45. The summed E-state index contributed by atoms with van der Waals surface area (Å²) in [5.41, 5.74) is 2.70. The zero-order valence-corrected chi connectivity index (χ0v) is 16.3. The van der Waals surface area contributed by atoms with Crippen LogP contribution in [-0.4, -0.2) is 68.4 Å². The Kier molecular flexibility index (Phi) is 6.14. The first kappa shape index (κ1) is 19.5. The minimum absolute atomic E-state index is 0.0217. The number of nitrogens with one attached hydrogen (secondary N) is 1. The van der Waals surface area contributed by atoms with E-state index in [0.717, 1.165) is 13.0 Å². The Labute approximate surface area is 169 Å². The molecule has 0 spiro atoms. The highest BCUT2D eigenvalue weighted by molar-refractivity contribution is 5.82. The summed E-state index contributed by atoms with van der Waals surface area (Å²) in [6, 6.07) is 10.4. The summed E-state index contributed by atoms with van der Waals surface area (Å²) in [5.74, 6) is 0.670. The van der Waals surface area contributed by atoms with Gasteiger partial charge in [0.2, 0.25) is 0 Å². The summed E-state index contributed by atoms with van der Waals surface area (Å²) < 4.78 is 8.05. The van der Waals surface area contributed by atoms with Crippen LogP contribution in [0.2, 0.25) is 0 Å². The molecule has 29 heavy (non-hydrogen) atoms. The molecule has 3 heterocycles. The number of aliphatic hydroxyl groups is 1. The van der Waals surface area contributed by atoms with Crippen LogP contribution >= 0.6 is 0 Å². The Morgan fingerprint density at radius 2 is 2.07 bits per heavy atom. The third-order valence-electron chi connectivity index (χ3n) is 5.07. The van der Waals surface area contributed by atoms with E-state index in [4.69, 9.17) is 4.74 Å². The maximum atomic E-state index is 9.74. The predicted molar refractivity (Wildman–Crippen MR) is 112 cm³/mol. The zero-order chi connectivity index (χ0) is 20.1. The standard InChI is InChI=1S/C21H26N6O2/c1-2-9-22-20-19-21(24-14-23-20)27(15-25-19)18-12-26(11-17(13-28)29-18)10-8-16-6-4-3-5-7-16/h2-7,14-15,17-18,28H,1,8-13H2,(H,22,23,24)/t17-,18+/m0/s1. The second-order valence-corrected chi connectivity index (χ2v) is 7.11. The molecule has 1 aliphatic rings. The fraction of sp³-hybridized carbons (Fsp3) is 0.381. The van der Waals surface area contributed by atoms with Gasteiger partial charge in [-0.1, -0.05) is 36.4 Å². The van der Waals surface area contributed by atoms with E-state index in [0.29, 0.717) is 36.6 Å². The lowest BCUT2D eigenvalue weighted by Crippen LogP contribution is -2.47. The van der Waals surface area contributed by atoms with Crippen LogP contribution in [0.3, 0.4) is 0 Å². The Bertz CT molecular complexity index is 945. The van der Waals surface area contributed by atoms with Gasteiger partial charge in [-0.2, -0.15) is 0 Å². The molecule has 0 radical (unpaired) electrons. The molecule has 2 N–H and O–H groups in total. The van der Waals surface area contributed by atoms with Crippen LogP contribution in [-0.2, 0) is 11.2 Å². The molecule has 2 atom stereocenters. The number of fused-ring (bicyclic) bond motifs is 1. The Hall–Kier alpha value is -2.81. The van der Waals surface area contributed by atoms with Gasteiger partial charge < -0.3 is 15.2 Å². The number of ether oxygens (including phenoxy) is 1. The number of aliphatic hydroxyl groups excluding tert-OH is 1. The van der Waals surface area contributed by atoms with Crippen molar-refractivity contribution >= 4 is 17.0 Å². The van der Waals surface area contributed by atoms with Gasteiger partial charge in [0.05, 0.1) is 19.0 Å². The molecule has 3 aromatic rings. The molecule has 8 heteroatoms. The van der Waals surface area contributed by atoms with Crippen molar-refractivity contribution in [2.45, 2.75) is 18.8 Å². The van der Waals surface area contributed by atoms with Gasteiger partial charge in [-0.3, -0.25) is 9.47 Å². The molecule has 1 aliphatic heterocycles. The van der Waals surface area contributed by atoms with Crippen molar-refractivity contribution in [3.8, 4) is 0 Å². The van der Waals surface area contributed by atoms with Gasteiger partial charge in [-0.15, -0.1) is 6.58 Å². The molecule has 1 fully saturated rings. The Morgan fingerprint density at radius 3 is 2.86 bits per heavy atom. The highest BCUT2D eigenvalue weighted by Crippen LogP contribution is 2.25. The lowest BCUT2D eigenvalue weighted by molar-refractivity contribution is -0.133. The first-order chi connectivity index (χ1) is 14.3. The molecule has 0 saturated carbocycles. The lowest BCUT2D eigenvalue weighted by atomic mass is 10.1. The summed E-state index contributed by atoms with van der Waals surface area (Å²) in [5, 5.41) is 12.9. The minimum atomic E-state index is -0.274. The average Bonchev–Trinajstić information content (AvgIpc) is 3.21. The van der Waals surface area contributed by atoms with E-state index in [9.17, 15) is 5.11 Å². The van der Waals surface area contributed by atoms with E-state index in [2.05, 4.69) is 56.0 Å². The van der Waals surface area contributed by atoms with Crippen LogP contribution in [0.5, 0.6) is 0 Å². The molecule has 8 nitrogen and oxygen atoms in total. The molecule has 0 unspecified atom stereocenters. The smallest absolute Gasteiger partial charge is 0.167 e. The first-order valence-corrected chi connectivity index (χ1v) is 9.83. The van der Waals surface area contributed by atoms with Crippen molar-refractivity contribution in [3.05, 3.63) is 61.2 Å². The molecule has 1 aromatic carbocycles. The molecule has 0 amide bonds. The fourth-order valence-corrected chi connectivity index (χ4v) is 3.62. The van der Waals surface area contributed by atoms with Gasteiger partial charge >= 0.3 is 0 Å².